The first-order valence-electron chi connectivity index (χ1n) is 12.2. The third-order valence-electron chi connectivity index (χ3n) is 6.19. The maximum atomic E-state index is 12.1. The van der Waals surface area contributed by atoms with Crippen molar-refractivity contribution < 1.29 is 14.0 Å². The number of carbonyl (C=O) groups excluding carboxylic acids is 1. The Kier molecular flexibility index (Phi) is 7.08. The summed E-state index contributed by atoms with van der Waals surface area (Å²) in [6, 6.07) is 14.5. The summed E-state index contributed by atoms with van der Waals surface area (Å²) in [5.41, 5.74) is 5.68. The van der Waals surface area contributed by atoms with E-state index in [4.69, 9.17) is 14.7 Å². The van der Waals surface area contributed by atoms with Gasteiger partial charge in [-0.1, -0.05) is 37.6 Å². The van der Waals surface area contributed by atoms with Gasteiger partial charge in [0.25, 0.3) is 0 Å². The van der Waals surface area contributed by atoms with Gasteiger partial charge >= 0.3 is 5.97 Å². The van der Waals surface area contributed by atoms with Crippen LogP contribution in [0.25, 0.3) is 21.9 Å². The fourth-order valence-corrected chi connectivity index (χ4v) is 4.53. The highest BCUT2D eigenvalue weighted by atomic mass is 16.5. The number of anilines is 1. The largest absolute Gasteiger partial charge is 0.465 e. The van der Waals surface area contributed by atoms with Gasteiger partial charge in [-0.25, -0.2) is 14.8 Å². The number of hydrogen-bond donors (Lipinski definition) is 1. The number of hydrogen-bond acceptors (Lipinski definition) is 5. The lowest BCUT2D eigenvalue weighted by atomic mass is 10.1. The summed E-state index contributed by atoms with van der Waals surface area (Å²) in [5, 5.41) is 4.19. The van der Waals surface area contributed by atoms with Gasteiger partial charge < -0.3 is 19.1 Å². The molecule has 2 aromatic carbocycles. The number of ether oxygens (including phenoxy) is 1. The Labute approximate surface area is 207 Å². The Morgan fingerprint density at radius 2 is 1.77 bits per heavy atom. The van der Waals surface area contributed by atoms with Crippen LogP contribution in [0.4, 0.5) is 5.82 Å². The smallest absolute Gasteiger partial charge is 0.337 e. The average molecular weight is 475 g/mol. The molecular weight excluding hydrogens is 438 g/mol. The highest BCUT2D eigenvalue weighted by Crippen LogP contribution is 2.32. The molecule has 0 aliphatic heterocycles. The number of imidazole rings is 1. The molecule has 0 saturated heterocycles. The number of quaternary nitrogens is 1. The molecule has 184 valence electrons. The molecule has 0 radical (unpaired) electrons. The average Bonchev–Trinajstić information content (AvgIpc) is 3.19. The minimum atomic E-state index is -0.370. The van der Waals surface area contributed by atoms with Gasteiger partial charge in [-0.2, -0.15) is 0 Å². The maximum Gasteiger partial charge on any atom is 0.337 e. The van der Waals surface area contributed by atoms with Crippen LogP contribution in [-0.4, -0.2) is 60.3 Å². The zero-order valence-electron chi connectivity index (χ0n) is 21.7. The fraction of sp³-hybridized carbons (Fsp3) is 0.393. The van der Waals surface area contributed by atoms with E-state index < -0.39 is 0 Å². The normalized spacial score (nSPS) is 11.8. The Morgan fingerprint density at radius 3 is 2.40 bits per heavy atom. The second-order valence-corrected chi connectivity index (χ2v) is 10.1. The number of benzene rings is 2. The Bertz CT molecular complexity index is 1350. The quantitative estimate of drug-likeness (QED) is 0.273. The van der Waals surface area contributed by atoms with Crippen molar-refractivity contribution in [2.75, 3.05) is 40.6 Å². The summed E-state index contributed by atoms with van der Waals surface area (Å²) in [7, 11) is 9.86. The van der Waals surface area contributed by atoms with Crippen LogP contribution in [0.15, 0.2) is 42.5 Å². The maximum absolute atomic E-state index is 12.1. The number of aromatic nitrogens is 3. The number of unbranched alkanes of at least 4 members (excludes halogenated alkanes) is 1. The molecule has 0 aliphatic carbocycles. The SMILES string of the molecule is CCCCc1nc2c(NC)nc3cc(C(=O)OC)ccc3c2n1Cc1ccc(C[N+](C)(C)C)cc1. The number of nitrogens with one attached hydrogen (secondary N) is 1. The molecule has 0 unspecified atom stereocenters. The van der Waals surface area contributed by atoms with Gasteiger partial charge in [-0.15, -0.1) is 0 Å². The monoisotopic (exact) mass is 474 g/mol. The van der Waals surface area contributed by atoms with Crippen molar-refractivity contribution >= 4 is 33.7 Å². The molecule has 1 N–H and O–H groups in total. The van der Waals surface area contributed by atoms with E-state index in [2.05, 4.69) is 62.2 Å². The molecule has 7 nitrogen and oxygen atoms in total. The number of carbonyl (C=O) groups is 1. The van der Waals surface area contributed by atoms with E-state index >= 15 is 0 Å². The zero-order valence-corrected chi connectivity index (χ0v) is 21.7. The molecular formula is C28H36N5O2+. The summed E-state index contributed by atoms with van der Waals surface area (Å²) in [4.78, 5) is 22.0. The van der Waals surface area contributed by atoms with Gasteiger partial charge in [-0.3, -0.25) is 0 Å². The molecule has 0 atom stereocenters. The van der Waals surface area contributed by atoms with Crippen molar-refractivity contribution in [1.29, 1.82) is 0 Å². The van der Waals surface area contributed by atoms with E-state index in [1.165, 1.54) is 18.2 Å². The lowest BCUT2D eigenvalue weighted by Crippen LogP contribution is -2.33. The number of rotatable bonds is 9. The first kappa shape index (κ1) is 24.7. The standard InChI is InChI=1S/C28H36N5O2/c1-7-8-9-24-31-25-26(32(24)17-19-10-12-20(13-11-19)18-33(3,4)5)22-15-14-21(28(34)35-6)16-23(22)30-27(25)29-2/h10-16H,7-9,17-18H2,1-6H3,(H,29,30)/q+1. The van der Waals surface area contributed by atoms with Gasteiger partial charge in [-0.05, 0) is 30.2 Å². The van der Waals surface area contributed by atoms with Gasteiger partial charge in [0.2, 0.25) is 0 Å². The molecule has 0 amide bonds. The Balaban J connectivity index is 1.86. The minimum absolute atomic E-state index is 0.370. The van der Waals surface area contributed by atoms with Crippen LogP contribution in [0.1, 0.15) is 47.1 Å². The van der Waals surface area contributed by atoms with Gasteiger partial charge in [0.05, 0.1) is 44.8 Å². The summed E-state index contributed by atoms with van der Waals surface area (Å²) in [6.45, 7) is 3.91. The lowest BCUT2D eigenvalue weighted by Gasteiger charge is -2.24. The van der Waals surface area contributed by atoms with Crippen molar-refractivity contribution in [2.24, 2.45) is 0 Å². The molecule has 7 heteroatoms. The van der Waals surface area contributed by atoms with Crippen molar-refractivity contribution in [2.45, 2.75) is 39.3 Å². The number of fused-ring (bicyclic) bond motifs is 3. The highest BCUT2D eigenvalue weighted by Gasteiger charge is 2.19. The van der Waals surface area contributed by atoms with E-state index in [0.29, 0.717) is 11.4 Å². The number of pyridine rings is 1. The lowest BCUT2D eigenvalue weighted by molar-refractivity contribution is -0.884. The molecule has 2 aromatic heterocycles. The van der Waals surface area contributed by atoms with Gasteiger partial charge in [0.1, 0.15) is 17.9 Å². The van der Waals surface area contributed by atoms with Gasteiger partial charge in [0.15, 0.2) is 5.82 Å². The summed E-state index contributed by atoms with van der Waals surface area (Å²) < 4.78 is 8.14. The van der Waals surface area contributed by atoms with Crippen LogP contribution in [-0.2, 0) is 24.2 Å². The van der Waals surface area contributed by atoms with Crippen LogP contribution in [0.2, 0.25) is 0 Å². The molecule has 4 aromatic rings. The van der Waals surface area contributed by atoms with Crippen LogP contribution >= 0.6 is 0 Å². The predicted octanol–water partition coefficient (Wildman–Crippen LogP) is 5.01. The van der Waals surface area contributed by atoms with E-state index in [-0.39, 0.29) is 5.97 Å². The Morgan fingerprint density at radius 1 is 1.06 bits per heavy atom. The fourth-order valence-electron chi connectivity index (χ4n) is 4.53. The van der Waals surface area contributed by atoms with Crippen LogP contribution in [0.3, 0.4) is 0 Å². The molecule has 2 heterocycles. The van der Waals surface area contributed by atoms with E-state index in [9.17, 15) is 4.79 Å². The zero-order chi connectivity index (χ0) is 25.2. The third-order valence-corrected chi connectivity index (χ3v) is 6.19. The molecule has 0 aliphatic rings. The van der Waals surface area contributed by atoms with Crippen LogP contribution < -0.4 is 5.32 Å². The summed E-state index contributed by atoms with van der Waals surface area (Å²) in [6.07, 6.45) is 3.07. The highest BCUT2D eigenvalue weighted by molar-refractivity contribution is 6.08. The number of methoxy groups -OCH3 is 1. The van der Waals surface area contributed by atoms with Crippen molar-refractivity contribution in [3.05, 3.63) is 65.0 Å². The number of nitrogens with zero attached hydrogens (tertiary/aromatic N) is 4. The molecule has 0 fully saturated rings. The van der Waals surface area contributed by atoms with Crippen molar-refractivity contribution in [3.63, 3.8) is 0 Å². The second-order valence-electron chi connectivity index (χ2n) is 10.1. The molecule has 35 heavy (non-hydrogen) atoms. The van der Waals surface area contributed by atoms with E-state index in [0.717, 1.165) is 64.6 Å². The summed E-state index contributed by atoms with van der Waals surface area (Å²) >= 11 is 0. The second kappa shape index (κ2) is 10.0. The molecule has 0 saturated carbocycles. The molecule has 0 bridgehead atoms. The van der Waals surface area contributed by atoms with Crippen LogP contribution in [0.5, 0.6) is 0 Å². The van der Waals surface area contributed by atoms with Crippen LogP contribution in [0, 0.1) is 0 Å². The van der Waals surface area contributed by atoms with E-state index in [1.54, 1.807) is 12.1 Å². The molecule has 4 rings (SSSR count). The minimum Gasteiger partial charge on any atom is -0.465 e. The molecule has 0 spiro atoms. The first-order chi connectivity index (χ1) is 16.7. The third kappa shape index (κ3) is 5.30. The van der Waals surface area contributed by atoms with Crippen molar-refractivity contribution in [3.8, 4) is 0 Å². The topological polar surface area (TPSA) is 69.0 Å². The Hall–Kier alpha value is -3.45. The van der Waals surface area contributed by atoms with E-state index in [1.807, 2.05) is 13.1 Å². The van der Waals surface area contributed by atoms with Gasteiger partial charge in [0, 0.05) is 31.0 Å². The predicted molar refractivity (Wildman–Crippen MR) is 142 cm³/mol. The number of aryl methyl sites for hydroxylation is 1. The number of esters is 1. The summed E-state index contributed by atoms with van der Waals surface area (Å²) in [5.74, 6) is 1.40. The first-order valence-corrected chi connectivity index (χ1v) is 12.2. The van der Waals surface area contributed by atoms with Crippen molar-refractivity contribution in [1.82, 2.24) is 14.5 Å².